The summed E-state index contributed by atoms with van der Waals surface area (Å²) in [5, 5.41) is 3.69. The van der Waals surface area contributed by atoms with Gasteiger partial charge in [0.05, 0.1) is 25.7 Å². The average molecular weight is 625 g/mol. The number of rotatable bonds is 11. The molecule has 0 radical (unpaired) electrons. The van der Waals surface area contributed by atoms with E-state index < -0.39 is 28.5 Å². The molecule has 0 fully saturated rings. The summed E-state index contributed by atoms with van der Waals surface area (Å²) in [5.74, 6) is -0.970. The SMILES string of the molecule is CCC(C)NC(=O)C(C)N(Cc1ccc(Cl)c(Cl)c1)C(=O)CN(c1ccccc1Cl)S(=O)(=O)c1ccc(C)cc1. The summed E-state index contributed by atoms with van der Waals surface area (Å²) < 4.78 is 28.7. The van der Waals surface area contributed by atoms with E-state index in [4.69, 9.17) is 34.8 Å². The first-order valence-electron chi connectivity index (χ1n) is 12.7. The predicted molar refractivity (Wildman–Crippen MR) is 162 cm³/mol. The number of carbonyl (C=O) groups is 2. The monoisotopic (exact) mass is 623 g/mol. The van der Waals surface area contributed by atoms with Gasteiger partial charge >= 0.3 is 0 Å². The van der Waals surface area contributed by atoms with Crippen LogP contribution in [0.3, 0.4) is 0 Å². The first-order valence-corrected chi connectivity index (χ1v) is 15.3. The molecular formula is C29H32Cl3N3O4S. The highest BCUT2D eigenvalue weighted by Gasteiger charge is 2.33. The van der Waals surface area contributed by atoms with E-state index in [1.54, 1.807) is 55.5 Å². The van der Waals surface area contributed by atoms with Crippen LogP contribution in [0.2, 0.25) is 15.1 Å². The molecule has 214 valence electrons. The maximum absolute atomic E-state index is 14.0. The molecule has 0 aliphatic carbocycles. The Morgan fingerprint density at radius 2 is 1.55 bits per heavy atom. The molecule has 0 spiro atoms. The number of benzene rings is 3. The molecule has 0 aliphatic rings. The lowest BCUT2D eigenvalue weighted by molar-refractivity contribution is -0.139. The van der Waals surface area contributed by atoms with Crippen molar-refractivity contribution in [3.8, 4) is 0 Å². The number of carbonyl (C=O) groups excluding carboxylic acids is 2. The van der Waals surface area contributed by atoms with Gasteiger partial charge in [-0.2, -0.15) is 0 Å². The Morgan fingerprint density at radius 3 is 2.15 bits per heavy atom. The molecule has 2 atom stereocenters. The van der Waals surface area contributed by atoms with Gasteiger partial charge in [-0.25, -0.2) is 8.42 Å². The lowest BCUT2D eigenvalue weighted by Gasteiger charge is -2.32. The van der Waals surface area contributed by atoms with Gasteiger partial charge in [0.25, 0.3) is 10.0 Å². The number of amides is 2. The van der Waals surface area contributed by atoms with Crippen molar-refractivity contribution in [2.24, 2.45) is 0 Å². The van der Waals surface area contributed by atoms with Crippen LogP contribution < -0.4 is 9.62 Å². The van der Waals surface area contributed by atoms with Crippen molar-refractivity contribution in [1.82, 2.24) is 10.2 Å². The molecule has 3 aromatic rings. The number of anilines is 1. The van der Waals surface area contributed by atoms with E-state index >= 15 is 0 Å². The number of hydrogen-bond donors (Lipinski definition) is 1. The van der Waals surface area contributed by atoms with Crippen LogP contribution in [0.5, 0.6) is 0 Å². The molecule has 0 bridgehead atoms. The molecule has 2 amide bonds. The molecule has 0 aromatic heterocycles. The molecule has 7 nitrogen and oxygen atoms in total. The molecule has 0 aliphatic heterocycles. The number of aryl methyl sites for hydroxylation is 1. The van der Waals surface area contributed by atoms with Crippen molar-refractivity contribution in [1.29, 1.82) is 0 Å². The van der Waals surface area contributed by atoms with Crippen molar-refractivity contribution in [3.05, 3.63) is 92.9 Å². The lowest BCUT2D eigenvalue weighted by Crippen LogP contribution is -2.52. The molecule has 40 heavy (non-hydrogen) atoms. The summed E-state index contributed by atoms with van der Waals surface area (Å²) >= 11 is 18.7. The van der Waals surface area contributed by atoms with Crippen LogP contribution in [0.4, 0.5) is 5.69 Å². The largest absolute Gasteiger partial charge is 0.352 e. The molecule has 3 aromatic carbocycles. The molecule has 2 unspecified atom stereocenters. The number of nitrogens with zero attached hydrogens (tertiary/aromatic N) is 2. The van der Waals surface area contributed by atoms with Gasteiger partial charge in [0.2, 0.25) is 11.8 Å². The minimum Gasteiger partial charge on any atom is -0.352 e. The Hall–Kier alpha value is -2.78. The summed E-state index contributed by atoms with van der Waals surface area (Å²) in [6, 6.07) is 16.6. The number of para-hydroxylation sites is 1. The van der Waals surface area contributed by atoms with E-state index in [-0.39, 0.29) is 34.1 Å². The third-order valence-electron chi connectivity index (χ3n) is 6.51. The Labute approximate surface area is 251 Å². The summed E-state index contributed by atoms with van der Waals surface area (Å²) in [6.07, 6.45) is 0.703. The fraction of sp³-hybridized carbons (Fsp3) is 0.310. The van der Waals surface area contributed by atoms with Gasteiger partial charge in [-0.15, -0.1) is 0 Å². The van der Waals surface area contributed by atoms with Gasteiger partial charge in [-0.3, -0.25) is 13.9 Å². The van der Waals surface area contributed by atoms with Crippen LogP contribution in [-0.2, 0) is 26.2 Å². The van der Waals surface area contributed by atoms with Crippen molar-refractivity contribution >= 4 is 62.3 Å². The Kier molecular flexibility index (Phi) is 10.9. The Morgan fingerprint density at radius 1 is 0.900 bits per heavy atom. The number of halogens is 3. The first-order chi connectivity index (χ1) is 18.8. The lowest BCUT2D eigenvalue weighted by atomic mass is 10.1. The molecule has 3 rings (SSSR count). The van der Waals surface area contributed by atoms with Gasteiger partial charge in [-0.05, 0) is 69.2 Å². The maximum atomic E-state index is 14.0. The predicted octanol–water partition coefficient (Wildman–Crippen LogP) is 6.48. The van der Waals surface area contributed by atoms with Gasteiger partial charge in [-0.1, -0.05) is 77.6 Å². The minimum absolute atomic E-state index is 0.00409. The molecule has 0 heterocycles. The van der Waals surface area contributed by atoms with Crippen LogP contribution in [0, 0.1) is 6.92 Å². The van der Waals surface area contributed by atoms with Gasteiger partial charge in [0.1, 0.15) is 12.6 Å². The summed E-state index contributed by atoms with van der Waals surface area (Å²) in [5.41, 5.74) is 1.65. The zero-order valence-corrected chi connectivity index (χ0v) is 25.8. The zero-order chi connectivity index (χ0) is 29.6. The van der Waals surface area contributed by atoms with E-state index in [2.05, 4.69) is 5.32 Å². The van der Waals surface area contributed by atoms with E-state index in [9.17, 15) is 18.0 Å². The number of hydrogen-bond acceptors (Lipinski definition) is 4. The molecule has 0 saturated carbocycles. The van der Waals surface area contributed by atoms with E-state index in [0.717, 1.165) is 9.87 Å². The second kappa shape index (κ2) is 13.7. The second-order valence-electron chi connectivity index (χ2n) is 9.54. The summed E-state index contributed by atoms with van der Waals surface area (Å²) in [4.78, 5) is 28.4. The third-order valence-corrected chi connectivity index (χ3v) is 9.35. The summed E-state index contributed by atoms with van der Waals surface area (Å²) in [6.45, 7) is 6.64. The van der Waals surface area contributed by atoms with E-state index in [0.29, 0.717) is 22.0 Å². The Balaban J connectivity index is 2.05. The standard InChI is InChI=1S/C29H32Cl3N3O4S/c1-5-20(3)33-29(37)21(4)34(17-22-12-15-24(30)26(32)16-22)28(36)18-35(27-9-7-6-8-25(27)31)40(38,39)23-13-10-19(2)11-14-23/h6-16,20-21H,5,17-18H2,1-4H3,(H,33,37). The minimum atomic E-state index is -4.21. The first kappa shape index (κ1) is 31.7. The van der Waals surface area contributed by atoms with Crippen LogP contribution in [0.1, 0.15) is 38.3 Å². The highest BCUT2D eigenvalue weighted by atomic mass is 35.5. The molecular weight excluding hydrogens is 593 g/mol. The highest BCUT2D eigenvalue weighted by Crippen LogP contribution is 2.31. The zero-order valence-electron chi connectivity index (χ0n) is 22.7. The van der Waals surface area contributed by atoms with Crippen LogP contribution in [0.15, 0.2) is 71.6 Å². The fourth-order valence-electron chi connectivity index (χ4n) is 3.89. The van der Waals surface area contributed by atoms with Crippen LogP contribution in [0.25, 0.3) is 0 Å². The van der Waals surface area contributed by atoms with Gasteiger partial charge in [0, 0.05) is 12.6 Å². The van der Waals surface area contributed by atoms with Crippen molar-refractivity contribution in [2.45, 2.75) is 57.6 Å². The smallest absolute Gasteiger partial charge is 0.264 e. The normalized spacial score (nSPS) is 12.9. The quantitative estimate of drug-likeness (QED) is 0.265. The molecule has 0 saturated heterocycles. The van der Waals surface area contributed by atoms with Gasteiger partial charge < -0.3 is 10.2 Å². The fourth-order valence-corrected chi connectivity index (χ4v) is 5.93. The van der Waals surface area contributed by atoms with E-state index in [1.807, 2.05) is 20.8 Å². The highest BCUT2D eigenvalue weighted by molar-refractivity contribution is 7.92. The van der Waals surface area contributed by atoms with Crippen LogP contribution >= 0.6 is 34.8 Å². The number of nitrogens with one attached hydrogen (secondary N) is 1. The maximum Gasteiger partial charge on any atom is 0.264 e. The van der Waals surface area contributed by atoms with Gasteiger partial charge in [0.15, 0.2) is 0 Å². The van der Waals surface area contributed by atoms with Crippen molar-refractivity contribution < 1.29 is 18.0 Å². The second-order valence-corrected chi connectivity index (χ2v) is 12.6. The van der Waals surface area contributed by atoms with Crippen LogP contribution in [-0.4, -0.2) is 43.8 Å². The number of sulfonamides is 1. The molecule has 11 heteroatoms. The van der Waals surface area contributed by atoms with E-state index in [1.165, 1.54) is 23.1 Å². The molecule has 1 N–H and O–H groups in total. The Bertz CT molecular complexity index is 1470. The average Bonchev–Trinajstić information content (AvgIpc) is 2.92. The summed E-state index contributed by atoms with van der Waals surface area (Å²) in [7, 11) is -4.21. The topological polar surface area (TPSA) is 86.8 Å². The third kappa shape index (κ3) is 7.69. The van der Waals surface area contributed by atoms with Crippen molar-refractivity contribution in [3.63, 3.8) is 0 Å². The van der Waals surface area contributed by atoms with Crippen molar-refractivity contribution in [2.75, 3.05) is 10.8 Å².